The van der Waals surface area contributed by atoms with Crippen LogP contribution in [-0.2, 0) is 19.9 Å². The maximum atomic E-state index is 12.3. The summed E-state index contributed by atoms with van der Waals surface area (Å²) in [6.45, 7) is 1.57. The fourth-order valence-corrected chi connectivity index (χ4v) is 4.16. The summed E-state index contributed by atoms with van der Waals surface area (Å²) in [5, 5.41) is 0. The Labute approximate surface area is 175 Å². The van der Waals surface area contributed by atoms with Gasteiger partial charge >= 0.3 is 0 Å². The van der Waals surface area contributed by atoms with Crippen molar-refractivity contribution >= 4 is 31.7 Å². The van der Waals surface area contributed by atoms with E-state index in [2.05, 4.69) is 4.99 Å². The van der Waals surface area contributed by atoms with E-state index in [4.69, 9.17) is 16.2 Å². The molecule has 0 atom stereocenters. The van der Waals surface area contributed by atoms with Crippen LogP contribution in [0.5, 0.6) is 11.5 Å². The van der Waals surface area contributed by atoms with Crippen LogP contribution in [0.15, 0.2) is 51.2 Å². The minimum absolute atomic E-state index is 0.00333. The standard InChI is InChI=1S/C18H22N4O6S2/c1-11-9-15(16(29(4,24)25)10-14(11)17(23)21-18(19)20)28-12-5-7-13(8-6-12)30(26,27)22(2)3/h5-10H,1-4H3,(H4,19,20,21,23). The van der Waals surface area contributed by atoms with Crippen LogP contribution in [-0.4, -0.2) is 53.4 Å². The number of benzene rings is 2. The number of carbonyl (C=O) groups excluding carboxylic acids is 1. The molecule has 162 valence electrons. The van der Waals surface area contributed by atoms with E-state index in [0.717, 1.165) is 16.6 Å². The molecule has 2 rings (SSSR count). The van der Waals surface area contributed by atoms with Crippen LogP contribution >= 0.6 is 0 Å². The molecule has 30 heavy (non-hydrogen) atoms. The molecule has 0 radical (unpaired) electrons. The van der Waals surface area contributed by atoms with Crippen molar-refractivity contribution in [2.24, 2.45) is 16.5 Å². The number of hydrogen-bond donors (Lipinski definition) is 2. The van der Waals surface area contributed by atoms with E-state index in [1.165, 1.54) is 44.4 Å². The number of aliphatic imine (C=N–C) groups is 1. The number of sulfone groups is 1. The lowest BCUT2D eigenvalue weighted by Gasteiger charge is -2.14. The highest BCUT2D eigenvalue weighted by atomic mass is 32.2. The molecule has 0 spiro atoms. The molecule has 2 aromatic carbocycles. The van der Waals surface area contributed by atoms with Crippen LogP contribution in [0.2, 0.25) is 0 Å². The lowest BCUT2D eigenvalue weighted by atomic mass is 10.1. The number of sulfonamides is 1. The molecule has 2 aromatic rings. The van der Waals surface area contributed by atoms with E-state index in [1.807, 2.05) is 0 Å². The Kier molecular flexibility index (Phi) is 6.54. The Morgan fingerprint density at radius 3 is 2.07 bits per heavy atom. The quantitative estimate of drug-likeness (QED) is 0.479. The highest BCUT2D eigenvalue weighted by molar-refractivity contribution is 7.90. The van der Waals surface area contributed by atoms with Crippen LogP contribution in [0.3, 0.4) is 0 Å². The van der Waals surface area contributed by atoms with Gasteiger partial charge in [0.2, 0.25) is 10.0 Å². The van der Waals surface area contributed by atoms with E-state index >= 15 is 0 Å². The van der Waals surface area contributed by atoms with Crippen molar-refractivity contribution in [3.63, 3.8) is 0 Å². The van der Waals surface area contributed by atoms with Gasteiger partial charge in [0.1, 0.15) is 16.4 Å². The van der Waals surface area contributed by atoms with Crippen LogP contribution in [0.1, 0.15) is 15.9 Å². The average Bonchev–Trinajstić information content (AvgIpc) is 2.60. The van der Waals surface area contributed by atoms with Crippen LogP contribution < -0.4 is 16.2 Å². The largest absolute Gasteiger partial charge is 0.456 e. The summed E-state index contributed by atoms with van der Waals surface area (Å²) in [6, 6.07) is 7.99. The van der Waals surface area contributed by atoms with Gasteiger partial charge in [-0.1, -0.05) is 0 Å². The molecule has 1 amide bonds. The Balaban J connectivity index is 2.51. The van der Waals surface area contributed by atoms with Gasteiger partial charge in [-0.3, -0.25) is 4.79 Å². The highest BCUT2D eigenvalue weighted by Crippen LogP contribution is 2.32. The third-order valence-electron chi connectivity index (χ3n) is 3.98. The maximum Gasteiger partial charge on any atom is 0.280 e. The summed E-state index contributed by atoms with van der Waals surface area (Å²) in [5.74, 6) is -1.06. The molecule has 0 bridgehead atoms. The minimum Gasteiger partial charge on any atom is -0.456 e. The zero-order valence-corrected chi connectivity index (χ0v) is 18.4. The zero-order valence-electron chi connectivity index (χ0n) is 16.8. The van der Waals surface area contributed by atoms with Crippen LogP contribution in [0.25, 0.3) is 0 Å². The van der Waals surface area contributed by atoms with Gasteiger partial charge in [-0.05, 0) is 48.9 Å². The first-order valence-corrected chi connectivity index (χ1v) is 11.8. The maximum absolute atomic E-state index is 12.3. The normalized spacial score (nSPS) is 11.9. The van der Waals surface area contributed by atoms with Crippen molar-refractivity contribution in [3.05, 3.63) is 47.5 Å². The predicted octanol–water partition coefficient (Wildman–Crippen LogP) is 0.855. The molecular formula is C18H22N4O6S2. The second-order valence-corrected chi connectivity index (χ2v) is 10.7. The second-order valence-electron chi connectivity index (χ2n) is 6.59. The number of amides is 1. The lowest BCUT2D eigenvalue weighted by molar-refractivity contribution is 0.100. The number of nitrogens with two attached hydrogens (primary N) is 2. The van der Waals surface area contributed by atoms with Gasteiger partial charge in [0.05, 0.1) is 4.90 Å². The first kappa shape index (κ1) is 23.3. The van der Waals surface area contributed by atoms with Gasteiger partial charge in [-0.25, -0.2) is 21.1 Å². The molecule has 12 heteroatoms. The van der Waals surface area contributed by atoms with Gasteiger partial charge in [0.15, 0.2) is 15.8 Å². The van der Waals surface area contributed by atoms with Crippen LogP contribution in [0.4, 0.5) is 0 Å². The summed E-state index contributed by atoms with van der Waals surface area (Å²) >= 11 is 0. The van der Waals surface area contributed by atoms with Crippen molar-refractivity contribution < 1.29 is 26.4 Å². The van der Waals surface area contributed by atoms with Crippen molar-refractivity contribution in [3.8, 4) is 11.5 Å². The fraction of sp³-hybridized carbons (Fsp3) is 0.222. The summed E-state index contributed by atoms with van der Waals surface area (Å²) in [5.41, 5.74) is 10.8. The molecule has 4 N–H and O–H groups in total. The summed E-state index contributed by atoms with van der Waals surface area (Å²) in [4.78, 5) is 15.4. The summed E-state index contributed by atoms with van der Waals surface area (Å²) in [6.07, 6.45) is 0.964. The number of nitrogens with zero attached hydrogens (tertiary/aromatic N) is 2. The number of ether oxygens (including phenoxy) is 1. The molecule has 0 aliphatic carbocycles. The third-order valence-corrected chi connectivity index (χ3v) is 6.93. The van der Waals surface area contributed by atoms with Crippen molar-refractivity contribution in [2.45, 2.75) is 16.7 Å². The number of hydrogen-bond acceptors (Lipinski definition) is 6. The first-order valence-electron chi connectivity index (χ1n) is 8.42. The van der Waals surface area contributed by atoms with Crippen molar-refractivity contribution in [1.82, 2.24) is 4.31 Å². The van der Waals surface area contributed by atoms with E-state index < -0.39 is 31.7 Å². The third kappa shape index (κ3) is 5.14. The van der Waals surface area contributed by atoms with Gasteiger partial charge in [-0.15, -0.1) is 0 Å². The van der Waals surface area contributed by atoms with Gasteiger partial charge < -0.3 is 16.2 Å². The van der Waals surface area contributed by atoms with Crippen molar-refractivity contribution in [2.75, 3.05) is 20.4 Å². The van der Waals surface area contributed by atoms with E-state index in [1.54, 1.807) is 6.92 Å². The lowest BCUT2D eigenvalue weighted by Crippen LogP contribution is -2.24. The smallest absolute Gasteiger partial charge is 0.280 e. The molecule has 0 heterocycles. The molecule has 0 fully saturated rings. The monoisotopic (exact) mass is 454 g/mol. The Morgan fingerprint density at radius 1 is 1.03 bits per heavy atom. The average molecular weight is 455 g/mol. The fourth-order valence-electron chi connectivity index (χ4n) is 2.46. The van der Waals surface area contributed by atoms with E-state index in [0.29, 0.717) is 5.56 Å². The number of guanidine groups is 1. The SMILES string of the molecule is Cc1cc(Oc2ccc(S(=O)(=O)N(C)C)cc2)c(S(C)(=O)=O)cc1C(=O)N=C(N)N. The van der Waals surface area contributed by atoms with Gasteiger partial charge in [0.25, 0.3) is 5.91 Å². The molecule has 0 unspecified atom stereocenters. The molecule has 0 aromatic heterocycles. The van der Waals surface area contributed by atoms with Crippen molar-refractivity contribution in [1.29, 1.82) is 0 Å². The zero-order chi connectivity index (χ0) is 22.9. The predicted molar refractivity (Wildman–Crippen MR) is 112 cm³/mol. The topological polar surface area (TPSA) is 162 Å². The van der Waals surface area contributed by atoms with Gasteiger partial charge in [0, 0.05) is 25.9 Å². The first-order chi connectivity index (χ1) is 13.7. The Hall–Kier alpha value is -2.96. The molecule has 0 saturated carbocycles. The minimum atomic E-state index is -3.79. The number of carbonyl (C=O) groups is 1. The second kappa shape index (κ2) is 8.42. The molecule has 10 nitrogen and oxygen atoms in total. The highest BCUT2D eigenvalue weighted by Gasteiger charge is 2.22. The summed E-state index contributed by atoms with van der Waals surface area (Å²) < 4.78 is 55.6. The molecule has 0 aliphatic heterocycles. The summed E-state index contributed by atoms with van der Waals surface area (Å²) in [7, 11) is -4.59. The Bertz CT molecular complexity index is 1210. The van der Waals surface area contributed by atoms with E-state index in [-0.39, 0.29) is 26.9 Å². The van der Waals surface area contributed by atoms with E-state index in [9.17, 15) is 21.6 Å². The van der Waals surface area contributed by atoms with Gasteiger partial charge in [-0.2, -0.15) is 4.99 Å². The van der Waals surface area contributed by atoms with Crippen LogP contribution in [0, 0.1) is 6.92 Å². The Morgan fingerprint density at radius 2 is 1.60 bits per heavy atom. The molecular weight excluding hydrogens is 432 g/mol. The number of aryl methyl sites for hydroxylation is 1. The molecule has 0 aliphatic rings. The number of rotatable bonds is 6. The molecule has 0 saturated heterocycles.